The van der Waals surface area contributed by atoms with Crippen LogP contribution in [-0.2, 0) is 7.58 Å². The molecule has 5 fully saturated rings. The van der Waals surface area contributed by atoms with Gasteiger partial charge in [-0.3, -0.25) is 0 Å². The summed E-state index contributed by atoms with van der Waals surface area (Å²) in [5.41, 5.74) is 0. The lowest BCUT2D eigenvalue weighted by Crippen LogP contribution is -2.56. The third kappa shape index (κ3) is 2.82. The summed E-state index contributed by atoms with van der Waals surface area (Å²) in [6, 6.07) is 1.32. The molecule has 0 aromatic heterocycles. The maximum atomic E-state index is 6.78. The smallest absolute Gasteiger partial charge is 0.461 e. The van der Waals surface area contributed by atoms with E-state index >= 15 is 0 Å². The summed E-state index contributed by atoms with van der Waals surface area (Å²) >= 11 is -1.64. The van der Waals surface area contributed by atoms with Gasteiger partial charge in [-0.15, -0.1) is 0 Å². The molecule has 6 unspecified atom stereocenters. The van der Waals surface area contributed by atoms with E-state index in [-0.39, 0.29) is 0 Å². The number of nitrogens with one attached hydrogen (secondary N) is 1. The molecule has 0 amide bonds. The van der Waals surface area contributed by atoms with Gasteiger partial charge in [0.25, 0.3) is 0 Å². The summed E-state index contributed by atoms with van der Waals surface area (Å²) < 4.78 is 16.1. The number of piperidine rings is 2. The van der Waals surface area contributed by atoms with E-state index in [2.05, 4.69) is 9.20 Å². The molecule has 4 nitrogen and oxygen atoms in total. The Morgan fingerprint density at radius 3 is 2.74 bits per heavy atom. The molecule has 3 aliphatic heterocycles. The second-order valence-electron chi connectivity index (χ2n) is 8.53. The number of fused-ring (bicyclic) bond motifs is 1. The van der Waals surface area contributed by atoms with Gasteiger partial charge in [0.1, 0.15) is 0 Å². The van der Waals surface area contributed by atoms with Crippen LogP contribution in [0.5, 0.6) is 0 Å². The van der Waals surface area contributed by atoms with Crippen LogP contribution in [-0.4, -0.2) is 56.3 Å². The Balaban J connectivity index is 1.30. The first kappa shape index (κ1) is 15.6. The van der Waals surface area contributed by atoms with Crippen LogP contribution in [0.4, 0.5) is 0 Å². The maximum absolute atomic E-state index is 6.78. The van der Waals surface area contributed by atoms with Gasteiger partial charge in [0, 0.05) is 24.3 Å². The van der Waals surface area contributed by atoms with Crippen molar-refractivity contribution < 1.29 is 7.58 Å². The van der Waals surface area contributed by atoms with Crippen molar-refractivity contribution in [2.24, 2.45) is 11.8 Å². The minimum atomic E-state index is -1.64. The van der Waals surface area contributed by atoms with Gasteiger partial charge in [-0.25, -0.2) is 0 Å². The van der Waals surface area contributed by atoms with Crippen molar-refractivity contribution in [3.8, 4) is 0 Å². The second-order valence-corrected chi connectivity index (χ2v) is 10.4. The van der Waals surface area contributed by atoms with Crippen LogP contribution in [0.25, 0.3) is 0 Å². The molecule has 6 atom stereocenters. The first-order chi connectivity index (χ1) is 11.4. The first-order valence-electron chi connectivity index (χ1n) is 10.2. The number of nitrogens with zero attached hydrogens (tertiary/aromatic N) is 1. The van der Waals surface area contributed by atoms with Crippen molar-refractivity contribution in [2.75, 3.05) is 13.1 Å². The van der Waals surface area contributed by atoms with E-state index in [0.29, 0.717) is 24.3 Å². The molecule has 3 saturated heterocycles. The highest BCUT2D eigenvalue weighted by atomic mass is 27.2. The van der Waals surface area contributed by atoms with E-state index in [9.17, 15) is 0 Å². The van der Waals surface area contributed by atoms with Crippen molar-refractivity contribution in [2.45, 2.75) is 88.5 Å². The highest BCUT2D eigenvalue weighted by Gasteiger charge is 2.57. The molecule has 1 N–H and O–H groups in total. The minimum Gasteiger partial charge on any atom is -0.461 e. The third-order valence-electron chi connectivity index (χ3n) is 7.26. The molecule has 0 aromatic carbocycles. The quantitative estimate of drug-likeness (QED) is 0.787. The Morgan fingerprint density at radius 2 is 1.74 bits per heavy atom. The van der Waals surface area contributed by atoms with Crippen LogP contribution < -0.4 is 5.32 Å². The lowest BCUT2D eigenvalue weighted by molar-refractivity contribution is 0.0297. The Labute approximate surface area is 145 Å². The zero-order valence-corrected chi connectivity index (χ0v) is 15.4. The predicted molar refractivity (Wildman–Crippen MR) is 90.9 cm³/mol. The van der Waals surface area contributed by atoms with E-state index in [1.165, 1.54) is 77.3 Å². The summed E-state index contributed by atoms with van der Waals surface area (Å²) in [5.74, 6) is 1.75. The summed E-state index contributed by atoms with van der Waals surface area (Å²) in [7, 11) is 0. The van der Waals surface area contributed by atoms with Crippen molar-refractivity contribution in [1.82, 2.24) is 9.20 Å². The Bertz CT molecular complexity index is 433. The van der Waals surface area contributed by atoms with Crippen LogP contribution >= 0.6 is 0 Å². The van der Waals surface area contributed by atoms with E-state index in [4.69, 9.17) is 7.58 Å². The minimum absolute atomic E-state index is 0.422. The number of hydrogen-bond acceptors (Lipinski definition) is 4. The van der Waals surface area contributed by atoms with Crippen molar-refractivity contribution in [1.29, 1.82) is 0 Å². The Morgan fingerprint density at radius 1 is 0.913 bits per heavy atom. The normalized spacial score (nSPS) is 47.2. The summed E-state index contributed by atoms with van der Waals surface area (Å²) in [6.45, 7) is 2.42. The summed E-state index contributed by atoms with van der Waals surface area (Å²) in [6.07, 6.45) is 14.5. The standard InChI is InChI=1S/C9H16NO.C9H15NO.Al/c2*11-8-5-1-3-7-4-2-6-10-9(7)8;/h7-10H,1-6H2;7-9H,1-6H2;/q-1;-2;+3. The predicted octanol–water partition coefficient (Wildman–Crippen LogP) is 2.57. The van der Waals surface area contributed by atoms with E-state index in [0.717, 1.165) is 11.8 Å². The lowest BCUT2D eigenvalue weighted by Gasteiger charge is -2.44. The molecule has 128 valence electrons. The van der Waals surface area contributed by atoms with Crippen LogP contribution in [0.2, 0.25) is 0 Å². The zero-order valence-electron chi connectivity index (χ0n) is 14.3. The Hall–Kier alpha value is 0.372. The van der Waals surface area contributed by atoms with Gasteiger partial charge < -0.3 is 16.8 Å². The topological polar surface area (TPSA) is 33.7 Å². The third-order valence-corrected chi connectivity index (χ3v) is 9.57. The summed E-state index contributed by atoms with van der Waals surface area (Å²) in [5, 5.41) is 3.79. The lowest BCUT2D eigenvalue weighted by atomic mass is 9.78. The van der Waals surface area contributed by atoms with Gasteiger partial charge in [0.2, 0.25) is 0 Å². The largest absolute Gasteiger partial charge is 0.804 e. The fourth-order valence-electron chi connectivity index (χ4n) is 6.24. The van der Waals surface area contributed by atoms with E-state index in [1.54, 1.807) is 0 Å². The molecule has 5 rings (SSSR count). The van der Waals surface area contributed by atoms with Gasteiger partial charge in [0.15, 0.2) is 0 Å². The average molecular weight is 334 g/mol. The maximum Gasteiger partial charge on any atom is 0.804 e. The molecule has 0 spiro atoms. The molecule has 5 heteroatoms. The fourth-order valence-corrected chi connectivity index (χ4v) is 8.93. The van der Waals surface area contributed by atoms with Crippen LogP contribution in [0.3, 0.4) is 0 Å². The molecule has 5 aliphatic rings. The average Bonchev–Trinajstić information content (AvgIpc) is 2.95. The fraction of sp³-hybridized carbons (Fsp3) is 1.00. The molecular weight excluding hydrogens is 303 g/mol. The zero-order chi connectivity index (χ0) is 15.2. The number of rotatable bonds is 2. The molecule has 2 saturated carbocycles. The van der Waals surface area contributed by atoms with Gasteiger partial charge >= 0.3 is 15.0 Å². The molecule has 2 aliphatic carbocycles. The highest BCUT2D eigenvalue weighted by molar-refractivity contribution is 6.42. The van der Waals surface area contributed by atoms with Crippen LogP contribution in [0.15, 0.2) is 0 Å². The molecule has 3 heterocycles. The molecule has 0 aromatic rings. The van der Waals surface area contributed by atoms with Gasteiger partial charge in [-0.05, 0) is 76.3 Å². The van der Waals surface area contributed by atoms with Crippen LogP contribution in [0.1, 0.15) is 64.2 Å². The molecule has 23 heavy (non-hydrogen) atoms. The molecular formula is C18H31AlN2O2. The van der Waals surface area contributed by atoms with E-state index < -0.39 is 15.0 Å². The van der Waals surface area contributed by atoms with E-state index in [1.807, 2.05) is 0 Å². The number of hydrogen-bond donors (Lipinski definition) is 1. The van der Waals surface area contributed by atoms with Gasteiger partial charge in [-0.2, -0.15) is 0 Å². The second kappa shape index (κ2) is 6.59. The summed E-state index contributed by atoms with van der Waals surface area (Å²) in [4.78, 5) is 0. The first-order valence-corrected chi connectivity index (χ1v) is 11.7. The highest BCUT2D eigenvalue weighted by Crippen LogP contribution is 2.42. The molecule has 0 radical (unpaired) electrons. The molecule has 0 bridgehead atoms. The Kier molecular flexibility index (Phi) is 4.48. The van der Waals surface area contributed by atoms with Crippen molar-refractivity contribution >= 4 is 15.0 Å². The van der Waals surface area contributed by atoms with Crippen molar-refractivity contribution in [3.05, 3.63) is 0 Å². The van der Waals surface area contributed by atoms with Gasteiger partial charge in [-0.1, -0.05) is 12.8 Å². The van der Waals surface area contributed by atoms with Crippen LogP contribution in [0, 0.1) is 11.8 Å². The monoisotopic (exact) mass is 334 g/mol. The van der Waals surface area contributed by atoms with Gasteiger partial charge in [0.05, 0.1) is 0 Å². The SMILES string of the molecule is C1CNC2C(C1)CCCC2[O][Al]1[O]C2CCCC3CCC[N]1C32. The van der Waals surface area contributed by atoms with Crippen molar-refractivity contribution in [3.63, 3.8) is 0 Å².